The van der Waals surface area contributed by atoms with Gasteiger partial charge in [0.05, 0.1) is 5.69 Å². The predicted octanol–water partition coefficient (Wildman–Crippen LogP) is 4.34. The van der Waals surface area contributed by atoms with E-state index in [0.29, 0.717) is 0 Å². The van der Waals surface area contributed by atoms with Gasteiger partial charge in [-0.15, -0.1) is 0 Å². The van der Waals surface area contributed by atoms with E-state index < -0.39 is 0 Å². The Morgan fingerprint density at radius 3 is 2.67 bits per heavy atom. The number of halogens is 1. The van der Waals surface area contributed by atoms with Crippen molar-refractivity contribution in [2.24, 2.45) is 0 Å². The predicted molar refractivity (Wildman–Crippen MR) is 88.8 cm³/mol. The maximum absolute atomic E-state index is 11.9. The zero-order valence-corrected chi connectivity index (χ0v) is 13.7. The fourth-order valence-corrected chi connectivity index (χ4v) is 2.45. The van der Waals surface area contributed by atoms with Crippen molar-refractivity contribution in [3.63, 3.8) is 0 Å². The molecule has 21 heavy (non-hydrogen) atoms. The summed E-state index contributed by atoms with van der Waals surface area (Å²) < 4.78 is 6.41. The average Bonchev–Trinajstić information content (AvgIpc) is 2.48. The molecule has 0 unspecified atom stereocenters. The highest BCUT2D eigenvalue weighted by Gasteiger charge is 2.08. The van der Waals surface area contributed by atoms with Crippen LogP contribution >= 0.6 is 15.9 Å². The van der Waals surface area contributed by atoms with Gasteiger partial charge in [0.1, 0.15) is 5.75 Å². The molecular formula is C17H18BrNO2. The molecular weight excluding hydrogens is 330 g/mol. The number of nitrogens with one attached hydrogen (secondary N) is 1. The number of amides is 1. The summed E-state index contributed by atoms with van der Waals surface area (Å²) in [6, 6.07) is 13.5. The van der Waals surface area contributed by atoms with E-state index in [2.05, 4.69) is 28.2 Å². The van der Waals surface area contributed by atoms with Crippen LogP contribution in [0, 0.1) is 6.92 Å². The molecule has 0 radical (unpaired) electrons. The van der Waals surface area contributed by atoms with Gasteiger partial charge in [-0.25, -0.2) is 0 Å². The van der Waals surface area contributed by atoms with Gasteiger partial charge in [0.15, 0.2) is 6.61 Å². The molecule has 0 saturated carbocycles. The number of hydrogen-bond donors (Lipinski definition) is 1. The first kappa shape index (κ1) is 15.6. The van der Waals surface area contributed by atoms with Crippen molar-refractivity contribution >= 4 is 27.5 Å². The molecule has 0 spiro atoms. The summed E-state index contributed by atoms with van der Waals surface area (Å²) in [4.78, 5) is 11.9. The van der Waals surface area contributed by atoms with E-state index in [-0.39, 0.29) is 12.5 Å². The first-order valence-corrected chi connectivity index (χ1v) is 7.66. The van der Waals surface area contributed by atoms with E-state index >= 15 is 0 Å². The lowest BCUT2D eigenvalue weighted by Gasteiger charge is -2.11. The summed E-state index contributed by atoms with van der Waals surface area (Å²) in [7, 11) is 0. The van der Waals surface area contributed by atoms with Crippen molar-refractivity contribution in [1.29, 1.82) is 0 Å². The Morgan fingerprint density at radius 1 is 1.24 bits per heavy atom. The molecule has 3 nitrogen and oxygen atoms in total. The van der Waals surface area contributed by atoms with Crippen molar-refractivity contribution in [3.8, 4) is 5.75 Å². The van der Waals surface area contributed by atoms with E-state index in [4.69, 9.17) is 4.74 Å². The topological polar surface area (TPSA) is 38.3 Å². The van der Waals surface area contributed by atoms with Gasteiger partial charge in [0.25, 0.3) is 5.91 Å². The second kappa shape index (κ2) is 7.27. The molecule has 1 N–H and O–H groups in total. The molecule has 1 amide bonds. The van der Waals surface area contributed by atoms with E-state index in [1.807, 2.05) is 49.4 Å². The molecule has 0 atom stereocenters. The van der Waals surface area contributed by atoms with Gasteiger partial charge in [-0.1, -0.05) is 31.2 Å². The summed E-state index contributed by atoms with van der Waals surface area (Å²) in [6.45, 7) is 4.04. The molecule has 2 aromatic carbocycles. The third-order valence-corrected chi connectivity index (χ3v) is 3.82. The highest BCUT2D eigenvalue weighted by molar-refractivity contribution is 9.10. The number of carbonyl (C=O) groups excluding carboxylic acids is 1. The Bertz CT molecular complexity index is 640. The standard InChI is InChI=1S/C17H18BrNO2/c1-3-13-8-9-15(14(18)10-13)19-17(20)11-21-16-7-5-4-6-12(16)2/h4-10H,3,11H2,1-2H3,(H,19,20). The van der Waals surface area contributed by atoms with Crippen LogP contribution < -0.4 is 10.1 Å². The summed E-state index contributed by atoms with van der Waals surface area (Å²) in [5.74, 6) is 0.552. The number of benzene rings is 2. The Morgan fingerprint density at radius 2 is 2.00 bits per heavy atom. The lowest BCUT2D eigenvalue weighted by Crippen LogP contribution is -2.20. The van der Waals surface area contributed by atoms with Gasteiger partial charge in [0.2, 0.25) is 0 Å². The van der Waals surface area contributed by atoms with Gasteiger partial charge >= 0.3 is 0 Å². The minimum Gasteiger partial charge on any atom is -0.483 e. The lowest BCUT2D eigenvalue weighted by atomic mass is 10.1. The van der Waals surface area contributed by atoms with Gasteiger partial charge in [-0.3, -0.25) is 4.79 Å². The minimum absolute atomic E-state index is 0.00712. The van der Waals surface area contributed by atoms with Gasteiger partial charge in [-0.2, -0.15) is 0 Å². The SMILES string of the molecule is CCc1ccc(NC(=O)COc2ccccc2C)c(Br)c1. The Balaban J connectivity index is 1.95. The van der Waals surface area contributed by atoms with Crippen molar-refractivity contribution in [2.75, 3.05) is 11.9 Å². The monoisotopic (exact) mass is 347 g/mol. The average molecular weight is 348 g/mol. The van der Waals surface area contributed by atoms with E-state index in [9.17, 15) is 4.79 Å². The molecule has 110 valence electrons. The maximum atomic E-state index is 11.9. The van der Waals surface area contributed by atoms with Crippen molar-refractivity contribution in [2.45, 2.75) is 20.3 Å². The molecule has 0 aromatic heterocycles. The second-order valence-electron chi connectivity index (χ2n) is 4.77. The van der Waals surface area contributed by atoms with Crippen LogP contribution in [-0.2, 0) is 11.2 Å². The summed E-state index contributed by atoms with van der Waals surface area (Å²) in [5, 5.41) is 2.84. The third-order valence-electron chi connectivity index (χ3n) is 3.17. The number of ether oxygens (including phenoxy) is 1. The number of carbonyl (C=O) groups is 1. The molecule has 0 heterocycles. The molecule has 0 fully saturated rings. The van der Waals surface area contributed by atoms with Gasteiger partial charge < -0.3 is 10.1 Å². The molecule has 0 aliphatic heterocycles. The maximum Gasteiger partial charge on any atom is 0.262 e. The second-order valence-corrected chi connectivity index (χ2v) is 5.62. The smallest absolute Gasteiger partial charge is 0.262 e. The number of aryl methyl sites for hydroxylation is 2. The lowest BCUT2D eigenvalue weighted by molar-refractivity contribution is -0.118. The fraction of sp³-hybridized carbons (Fsp3) is 0.235. The molecule has 0 saturated heterocycles. The molecule has 2 aromatic rings. The van der Waals surface area contributed by atoms with E-state index in [1.54, 1.807) is 0 Å². The zero-order chi connectivity index (χ0) is 15.2. The van der Waals surface area contributed by atoms with Crippen LogP contribution in [0.4, 0.5) is 5.69 Å². The Kier molecular flexibility index (Phi) is 5.39. The normalized spacial score (nSPS) is 10.2. The number of anilines is 1. The number of rotatable bonds is 5. The van der Waals surface area contributed by atoms with Crippen LogP contribution in [0.3, 0.4) is 0 Å². The number of para-hydroxylation sites is 1. The first-order chi connectivity index (χ1) is 10.1. The highest BCUT2D eigenvalue weighted by atomic mass is 79.9. The highest BCUT2D eigenvalue weighted by Crippen LogP contribution is 2.24. The Hall–Kier alpha value is -1.81. The van der Waals surface area contributed by atoms with Crippen LogP contribution in [0.1, 0.15) is 18.1 Å². The molecule has 0 aliphatic rings. The van der Waals surface area contributed by atoms with Crippen LogP contribution in [0.5, 0.6) is 5.75 Å². The van der Waals surface area contributed by atoms with Crippen molar-refractivity contribution < 1.29 is 9.53 Å². The van der Waals surface area contributed by atoms with Crippen LogP contribution in [0.15, 0.2) is 46.9 Å². The molecule has 4 heteroatoms. The fourth-order valence-electron chi connectivity index (χ4n) is 1.93. The van der Waals surface area contributed by atoms with E-state index in [1.165, 1.54) is 5.56 Å². The number of hydrogen-bond acceptors (Lipinski definition) is 2. The van der Waals surface area contributed by atoms with Gasteiger partial charge in [0, 0.05) is 4.47 Å². The van der Waals surface area contributed by atoms with Crippen LogP contribution in [0.25, 0.3) is 0 Å². The largest absolute Gasteiger partial charge is 0.483 e. The Labute approximate surface area is 133 Å². The van der Waals surface area contributed by atoms with Crippen molar-refractivity contribution in [1.82, 2.24) is 0 Å². The quantitative estimate of drug-likeness (QED) is 0.873. The van der Waals surface area contributed by atoms with Crippen molar-refractivity contribution in [3.05, 3.63) is 58.1 Å². The molecule has 0 bridgehead atoms. The van der Waals surface area contributed by atoms with Crippen LogP contribution in [-0.4, -0.2) is 12.5 Å². The molecule has 2 rings (SSSR count). The van der Waals surface area contributed by atoms with Crippen LogP contribution in [0.2, 0.25) is 0 Å². The first-order valence-electron chi connectivity index (χ1n) is 6.87. The van der Waals surface area contributed by atoms with Gasteiger partial charge in [-0.05, 0) is 58.6 Å². The minimum atomic E-state index is -0.178. The third kappa shape index (κ3) is 4.33. The summed E-state index contributed by atoms with van der Waals surface area (Å²) >= 11 is 3.47. The summed E-state index contributed by atoms with van der Waals surface area (Å²) in [5.41, 5.74) is 2.99. The molecule has 0 aliphatic carbocycles. The summed E-state index contributed by atoms with van der Waals surface area (Å²) in [6.07, 6.45) is 0.962. The van der Waals surface area contributed by atoms with E-state index in [0.717, 1.165) is 27.9 Å². The zero-order valence-electron chi connectivity index (χ0n) is 12.2.